The van der Waals surface area contributed by atoms with Crippen molar-refractivity contribution in [1.82, 2.24) is 4.90 Å². The number of hydrogen-bond acceptors (Lipinski definition) is 3. The van der Waals surface area contributed by atoms with E-state index in [1.807, 2.05) is 20.8 Å². The van der Waals surface area contributed by atoms with E-state index in [1.165, 1.54) is 0 Å². The second kappa shape index (κ2) is 10.6. The normalized spacial score (nSPS) is 10.9. The van der Waals surface area contributed by atoms with Crippen LogP contribution in [0.3, 0.4) is 0 Å². The second-order valence-corrected chi connectivity index (χ2v) is 5.74. The van der Waals surface area contributed by atoms with Gasteiger partial charge in [-0.25, -0.2) is 4.79 Å². The summed E-state index contributed by atoms with van der Waals surface area (Å²) in [5.74, 6) is 2.55. The summed E-state index contributed by atoms with van der Waals surface area (Å²) in [6, 6.07) is 0. The van der Waals surface area contributed by atoms with Gasteiger partial charge in [-0.05, 0) is 33.6 Å². The van der Waals surface area contributed by atoms with Gasteiger partial charge in [0.25, 0.3) is 0 Å². The fraction of sp³-hybridized carbons (Fsp3) is 0.812. The van der Waals surface area contributed by atoms with Gasteiger partial charge in [0, 0.05) is 32.7 Å². The first-order valence-corrected chi connectivity index (χ1v) is 7.40. The van der Waals surface area contributed by atoms with Gasteiger partial charge in [-0.2, -0.15) is 0 Å². The van der Waals surface area contributed by atoms with E-state index in [-0.39, 0.29) is 6.09 Å². The van der Waals surface area contributed by atoms with Crippen molar-refractivity contribution in [3.63, 3.8) is 0 Å². The fourth-order valence-electron chi connectivity index (χ4n) is 1.53. The van der Waals surface area contributed by atoms with E-state index in [2.05, 4.69) is 12.8 Å². The van der Waals surface area contributed by atoms with Crippen LogP contribution in [0, 0.1) is 12.3 Å². The first kappa shape index (κ1) is 18.8. The van der Waals surface area contributed by atoms with E-state index in [0.717, 1.165) is 25.9 Å². The third-order valence-electron chi connectivity index (χ3n) is 2.54. The average molecular weight is 283 g/mol. The highest BCUT2D eigenvalue weighted by molar-refractivity contribution is 5.68. The predicted molar refractivity (Wildman–Crippen MR) is 81.6 cm³/mol. The molecule has 0 heterocycles. The van der Waals surface area contributed by atoms with Crippen molar-refractivity contribution in [1.29, 1.82) is 0 Å². The van der Waals surface area contributed by atoms with Gasteiger partial charge in [-0.15, -0.1) is 12.3 Å². The number of carbonyl (C=O) groups is 1. The van der Waals surface area contributed by atoms with Crippen molar-refractivity contribution >= 4 is 6.09 Å². The van der Waals surface area contributed by atoms with Gasteiger partial charge in [0.1, 0.15) is 5.60 Å². The van der Waals surface area contributed by atoms with E-state index in [0.29, 0.717) is 26.1 Å². The first-order valence-electron chi connectivity index (χ1n) is 7.40. The molecule has 0 aromatic carbocycles. The molecule has 1 amide bonds. The zero-order valence-electron chi connectivity index (χ0n) is 13.4. The molecule has 0 aliphatic rings. The maximum atomic E-state index is 12.0. The van der Waals surface area contributed by atoms with E-state index < -0.39 is 5.60 Å². The molecule has 0 aliphatic heterocycles. The summed E-state index contributed by atoms with van der Waals surface area (Å²) in [5.41, 5.74) is -0.483. The summed E-state index contributed by atoms with van der Waals surface area (Å²) in [5, 5.41) is 0. The predicted octanol–water partition coefficient (Wildman–Crippen LogP) is 3.45. The number of amides is 1. The highest BCUT2D eigenvalue weighted by Gasteiger charge is 2.21. The van der Waals surface area contributed by atoms with Gasteiger partial charge in [-0.3, -0.25) is 0 Å². The Morgan fingerprint density at radius 1 is 1.20 bits per heavy atom. The van der Waals surface area contributed by atoms with E-state index >= 15 is 0 Å². The van der Waals surface area contributed by atoms with Crippen LogP contribution >= 0.6 is 0 Å². The fourth-order valence-corrected chi connectivity index (χ4v) is 1.53. The van der Waals surface area contributed by atoms with Crippen LogP contribution in [-0.4, -0.2) is 42.9 Å². The van der Waals surface area contributed by atoms with Crippen molar-refractivity contribution in [3.05, 3.63) is 0 Å². The number of hydrogen-bond donors (Lipinski definition) is 0. The molecule has 0 fully saturated rings. The highest BCUT2D eigenvalue weighted by atomic mass is 16.6. The Labute approximate surface area is 123 Å². The minimum Gasteiger partial charge on any atom is -0.444 e. The minimum atomic E-state index is -0.483. The zero-order valence-corrected chi connectivity index (χ0v) is 13.4. The highest BCUT2D eigenvalue weighted by Crippen LogP contribution is 2.10. The maximum absolute atomic E-state index is 12.0. The standard InChI is InChI=1S/C16H29NO3/c1-6-8-11-17(15(18)20-16(3,4)5)12-10-14-19-13-9-7-2/h1H,7-14H2,2-5H3. The monoisotopic (exact) mass is 283 g/mol. The molecule has 0 atom stereocenters. The number of terminal acetylenes is 1. The van der Waals surface area contributed by atoms with Crippen LogP contribution in [-0.2, 0) is 9.47 Å². The lowest BCUT2D eigenvalue weighted by Gasteiger charge is -2.27. The summed E-state index contributed by atoms with van der Waals surface area (Å²) in [6.07, 6.45) is 8.50. The molecule has 0 rings (SSSR count). The number of unbranched alkanes of at least 4 members (excludes halogenated alkanes) is 1. The van der Waals surface area contributed by atoms with Crippen LogP contribution in [0.5, 0.6) is 0 Å². The molecular weight excluding hydrogens is 254 g/mol. The number of rotatable bonds is 9. The molecule has 0 aromatic rings. The lowest BCUT2D eigenvalue weighted by Crippen LogP contribution is -2.38. The van der Waals surface area contributed by atoms with Crippen molar-refractivity contribution in [2.24, 2.45) is 0 Å². The van der Waals surface area contributed by atoms with Crippen LogP contribution in [0.25, 0.3) is 0 Å². The van der Waals surface area contributed by atoms with Crippen LogP contribution < -0.4 is 0 Å². The van der Waals surface area contributed by atoms with Crippen LogP contribution in [0.1, 0.15) is 53.4 Å². The molecule has 4 heteroatoms. The Morgan fingerprint density at radius 3 is 2.40 bits per heavy atom. The Hall–Kier alpha value is -1.21. The molecular formula is C16H29NO3. The van der Waals surface area contributed by atoms with E-state index in [4.69, 9.17) is 15.9 Å². The number of nitrogens with zero attached hydrogens (tertiary/aromatic N) is 1. The Kier molecular flexibility index (Phi) is 9.92. The maximum Gasteiger partial charge on any atom is 0.410 e. The summed E-state index contributed by atoms with van der Waals surface area (Å²) >= 11 is 0. The smallest absolute Gasteiger partial charge is 0.410 e. The summed E-state index contributed by atoms with van der Waals surface area (Å²) < 4.78 is 10.9. The van der Waals surface area contributed by atoms with Crippen LogP contribution in [0.15, 0.2) is 0 Å². The molecule has 0 saturated carbocycles. The van der Waals surface area contributed by atoms with Crippen LogP contribution in [0.4, 0.5) is 4.79 Å². The SMILES string of the molecule is C#CCCN(CCCOCCCC)C(=O)OC(C)(C)C. The van der Waals surface area contributed by atoms with Crippen molar-refractivity contribution in [3.8, 4) is 12.3 Å². The molecule has 0 saturated heterocycles. The molecule has 116 valence electrons. The quantitative estimate of drug-likeness (QED) is 0.480. The minimum absolute atomic E-state index is 0.304. The lowest BCUT2D eigenvalue weighted by molar-refractivity contribution is 0.0232. The zero-order chi connectivity index (χ0) is 15.4. The molecule has 4 nitrogen and oxygen atoms in total. The van der Waals surface area contributed by atoms with Crippen molar-refractivity contribution in [2.45, 2.75) is 59.0 Å². The molecule has 0 unspecified atom stereocenters. The van der Waals surface area contributed by atoms with Gasteiger partial charge in [0.05, 0.1) is 0 Å². The van der Waals surface area contributed by atoms with Crippen LogP contribution in [0.2, 0.25) is 0 Å². The topological polar surface area (TPSA) is 38.8 Å². The van der Waals surface area contributed by atoms with Crippen molar-refractivity contribution < 1.29 is 14.3 Å². The van der Waals surface area contributed by atoms with E-state index in [9.17, 15) is 4.79 Å². The third kappa shape index (κ3) is 10.7. The van der Waals surface area contributed by atoms with Gasteiger partial charge in [-0.1, -0.05) is 13.3 Å². The average Bonchev–Trinajstić information content (AvgIpc) is 2.34. The largest absolute Gasteiger partial charge is 0.444 e. The van der Waals surface area contributed by atoms with Crippen molar-refractivity contribution in [2.75, 3.05) is 26.3 Å². The lowest BCUT2D eigenvalue weighted by atomic mass is 10.2. The van der Waals surface area contributed by atoms with Gasteiger partial charge in [0.15, 0.2) is 0 Å². The molecule has 0 bridgehead atoms. The summed E-state index contributed by atoms with van der Waals surface area (Å²) in [6.45, 7) is 10.3. The van der Waals surface area contributed by atoms with Gasteiger partial charge < -0.3 is 14.4 Å². The Balaban J connectivity index is 4.08. The van der Waals surface area contributed by atoms with Gasteiger partial charge in [0.2, 0.25) is 0 Å². The second-order valence-electron chi connectivity index (χ2n) is 5.74. The molecule has 0 N–H and O–H groups in total. The molecule has 0 spiro atoms. The molecule has 0 aliphatic carbocycles. The third-order valence-corrected chi connectivity index (χ3v) is 2.54. The van der Waals surface area contributed by atoms with E-state index in [1.54, 1.807) is 4.90 Å². The summed E-state index contributed by atoms with van der Waals surface area (Å²) in [7, 11) is 0. The summed E-state index contributed by atoms with van der Waals surface area (Å²) in [4.78, 5) is 13.7. The Morgan fingerprint density at radius 2 is 1.85 bits per heavy atom. The molecule has 20 heavy (non-hydrogen) atoms. The number of ether oxygens (including phenoxy) is 2. The molecule has 0 radical (unpaired) electrons. The van der Waals surface area contributed by atoms with Gasteiger partial charge >= 0.3 is 6.09 Å². The first-order chi connectivity index (χ1) is 9.40. The Bertz CT molecular complexity index is 302. The molecule has 0 aromatic heterocycles. The number of carbonyl (C=O) groups excluding carboxylic acids is 1.